The van der Waals surface area contributed by atoms with E-state index < -0.39 is 10.8 Å². The lowest BCUT2D eigenvalue weighted by atomic mass is 10.2. The van der Waals surface area contributed by atoms with Crippen LogP contribution in [0.15, 0.2) is 12.3 Å². The van der Waals surface area contributed by atoms with Crippen molar-refractivity contribution in [3.63, 3.8) is 0 Å². The lowest BCUT2D eigenvalue weighted by Gasteiger charge is -2.15. The van der Waals surface area contributed by atoms with Crippen LogP contribution in [0, 0.1) is 10.1 Å². The average Bonchev–Trinajstić information content (AvgIpc) is 2.39. The van der Waals surface area contributed by atoms with Crippen LogP contribution in [0.3, 0.4) is 0 Å². The summed E-state index contributed by atoms with van der Waals surface area (Å²) in [6.07, 6.45) is 1.04. The van der Waals surface area contributed by atoms with Crippen molar-refractivity contribution in [2.75, 3.05) is 25.6 Å². The molecule has 0 fully saturated rings. The Morgan fingerprint density at radius 1 is 1.61 bits per heavy atom. The third-order valence-corrected chi connectivity index (χ3v) is 2.20. The maximum Gasteiger partial charge on any atom is 0.300 e. The predicted molar refractivity (Wildman–Crippen MR) is 66.5 cm³/mol. The molecule has 100 valence electrons. The lowest BCUT2D eigenvalue weighted by molar-refractivity contribution is -0.385. The van der Waals surface area contributed by atoms with Gasteiger partial charge in [0.1, 0.15) is 17.6 Å². The van der Waals surface area contributed by atoms with Crippen molar-refractivity contribution < 1.29 is 14.8 Å². The minimum Gasteiger partial charge on any atom is -0.400 e. The molecular formula is C10H16N4O4. The molecule has 8 heteroatoms. The highest BCUT2D eigenvalue weighted by Crippen LogP contribution is 2.21. The van der Waals surface area contributed by atoms with Gasteiger partial charge in [0.25, 0.3) is 11.6 Å². The number of anilines is 1. The number of carbonyl (C=O) groups excluding carboxylic acids is 1. The van der Waals surface area contributed by atoms with Crippen LogP contribution >= 0.6 is 0 Å². The second-order valence-corrected chi connectivity index (χ2v) is 3.20. The third kappa shape index (κ3) is 3.67. The maximum atomic E-state index is 11.1. The number of hydrogen-bond acceptors (Lipinski definition) is 6. The molecule has 0 aliphatic rings. The second kappa shape index (κ2) is 7.17. The topological polar surface area (TPSA) is 123 Å². The minimum absolute atomic E-state index is 0.129. The van der Waals surface area contributed by atoms with Crippen molar-refractivity contribution in [3.05, 3.63) is 27.9 Å². The van der Waals surface area contributed by atoms with E-state index in [1.165, 1.54) is 6.07 Å². The molecule has 0 radical (unpaired) electrons. The zero-order valence-corrected chi connectivity index (χ0v) is 10.5. The van der Waals surface area contributed by atoms with Crippen molar-refractivity contribution >= 4 is 17.4 Å². The van der Waals surface area contributed by atoms with Crippen LogP contribution in [0.4, 0.5) is 11.5 Å². The van der Waals surface area contributed by atoms with Crippen molar-refractivity contribution in [1.29, 1.82) is 0 Å². The van der Waals surface area contributed by atoms with Crippen molar-refractivity contribution in [2.45, 2.75) is 6.92 Å². The SMILES string of the molecule is CCN(C)c1cc(C(N)=O)c([N+](=O)[O-])cn1.CO. The zero-order chi connectivity index (χ0) is 14.3. The number of carbonyl (C=O) groups is 1. The van der Waals surface area contributed by atoms with E-state index in [0.29, 0.717) is 12.4 Å². The first-order valence-corrected chi connectivity index (χ1v) is 5.07. The summed E-state index contributed by atoms with van der Waals surface area (Å²) in [5, 5.41) is 17.6. The molecule has 0 aliphatic carbocycles. The fraction of sp³-hybridized carbons (Fsp3) is 0.400. The molecule has 0 spiro atoms. The number of pyridine rings is 1. The fourth-order valence-electron chi connectivity index (χ4n) is 1.15. The lowest BCUT2D eigenvalue weighted by Crippen LogP contribution is -2.20. The summed E-state index contributed by atoms with van der Waals surface area (Å²) >= 11 is 0. The Morgan fingerprint density at radius 3 is 2.56 bits per heavy atom. The van der Waals surface area contributed by atoms with Crippen LogP contribution in [-0.4, -0.2) is 41.6 Å². The molecule has 0 atom stereocenters. The van der Waals surface area contributed by atoms with E-state index in [1.54, 1.807) is 11.9 Å². The van der Waals surface area contributed by atoms with Crippen LogP contribution in [-0.2, 0) is 0 Å². The summed E-state index contributed by atoms with van der Waals surface area (Å²) in [7, 11) is 2.76. The maximum absolute atomic E-state index is 11.1. The van der Waals surface area contributed by atoms with Gasteiger partial charge in [0.15, 0.2) is 0 Å². The first-order valence-electron chi connectivity index (χ1n) is 5.07. The van der Waals surface area contributed by atoms with Gasteiger partial charge in [-0.15, -0.1) is 0 Å². The monoisotopic (exact) mass is 256 g/mol. The number of nitrogens with zero attached hydrogens (tertiary/aromatic N) is 3. The highest BCUT2D eigenvalue weighted by molar-refractivity contribution is 5.97. The molecule has 1 aromatic rings. The first-order chi connectivity index (χ1) is 8.47. The Morgan fingerprint density at radius 2 is 2.17 bits per heavy atom. The minimum atomic E-state index is -0.833. The normalized spacial score (nSPS) is 9.11. The number of aromatic nitrogens is 1. The van der Waals surface area contributed by atoms with Gasteiger partial charge in [0.2, 0.25) is 0 Å². The smallest absolute Gasteiger partial charge is 0.300 e. The van der Waals surface area contributed by atoms with Gasteiger partial charge >= 0.3 is 0 Å². The van der Waals surface area contributed by atoms with Crippen LogP contribution in [0.5, 0.6) is 0 Å². The molecule has 3 N–H and O–H groups in total. The summed E-state index contributed by atoms with van der Waals surface area (Å²) in [6.45, 7) is 2.57. The van der Waals surface area contributed by atoms with Gasteiger partial charge in [-0.3, -0.25) is 14.9 Å². The fourth-order valence-corrected chi connectivity index (χ4v) is 1.15. The molecule has 18 heavy (non-hydrogen) atoms. The number of primary amides is 1. The summed E-state index contributed by atoms with van der Waals surface area (Å²) in [6, 6.07) is 1.32. The van der Waals surface area contributed by atoms with Crippen LogP contribution < -0.4 is 10.6 Å². The number of nitro groups is 1. The highest BCUT2D eigenvalue weighted by Gasteiger charge is 2.20. The molecule has 0 aromatic carbocycles. The van der Waals surface area contributed by atoms with E-state index in [-0.39, 0.29) is 11.3 Å². The molecule has 8 nitrogen and oxygen atoms in total. The summed E-state index contributed by atoms with van der Waals surface area (Å²) in [5.41, 5.74) is 4.57. The van der Waals surface area contributed by atoms with E-state index in [9.17, 15) is 14.9 Å². The van der Waals surface area contributed by atoms with Gasteiger partial charge in [-0.1, -0.05) is 0 Å². The number of aliphatic hydroxyl groups is 1. The largest absolute Gasteiger partial charge is 0.400 e. The third-order valence-electron chi connectivity index (χ3n) is 2.20. The molecule has 1 aromatic heterocycles. The zero-order valence-electron chi connectivity index (χ0n) is 10.5. The standard InChI is InChI=1S/C9H12N4O3.CH4O/c1-3-12(2)8-4-6(9(10)14)7(5-11-8)13(15)16;1-2/h4-5H,3H2,1-2H3,(H2,10,14);2H,1H3. The average molecular weight is 256 g/mol. The van der Waals surface area contributed by atoms with Gasteiger partial charge in [-0.05, 0) is 6.92 Å². The highest BCUT2D eigenvalue weighted by atomic mass is 16.6. The Bertz CT molecular complexity index is 436. The van der Waals surface area contributed by atoms with Crippen LogP contribution in [0.2, 0.25) is 0 Å². The van der Waals surface area contributed by atoms with Gasteiger partial charge < -0.3 is 15.7 Å². The van der Waals surface area contributed by atoms with Crippen molar-refractivity contribution in [1.82, 2.24) is 4.98 Å². The molecule has 0 bridgehead atoms. The number of rotatable bonds is 4. The molecule has 1 rings (SSSR count). The van der Waals surface area contributed by atoms with Gasteiger partial charge in [0, 0.05) is 26.8 Å². The molecular weight excluding hydrogens is 240 g/mol. The summed E-state index contributed by atoms with van der Waals surface area (Å²) in [4.78, 5) is 26.6. The van der Waals surface area contributed by atoms with E-state index in [1.807, 2.05) is 6.92 Å². The van der Waals surface area contributed by atoms with E-state index in [2.05, 4.69) is 4.98 Å². The van der Waals surface area contributed by atoms with Gasteiger partial charge in [-0.2, -0.15) is 0 Å². The number of aliphatic hydroxyl groups excluding tert-OH is 1. The summed E-state index contributed by atoms with van der Waals surface area (Å²) in [5.74, 6) is -0.359. The first kappa shape index (κ1) is 15.8. The molecule has 0 unspecified atom stereocenters. The number of hydrogen-bond donors (Lipinski definition) is 2. The van der Waals surface area contributed by atoms with Crippen LogP contribution in [0.1, 0.15) is 17.3 Å². The molecule has 0 saturated carbocycles. The number of nitrogens with two attached hydrogens (primary N) is 1. The van der Waals surface area contributed by atoms with Crippen molar-refractivity contribution in [2.24, 2.45) is 5.73 Å². The molecule has 1 heterocycles. The van der Waals surface area contributed by atoms with E-state index >= 15 is 0 Å². The molecule has 0 aliphatic heterocycles. The molecule has 1 amide bonds. The Balaban J connectivity index is 0.00000137. The molecule has 0 saturated heterocycles. The summed E-state index contributed by atoms with van der Waals surface area (Å²) < 4.78 is 0. The number of amides is 1. The Kier molecular flexibility index (Phi) is 6.29. The quantitative estimate of drug-likeness (QED) is 0.584. The van der Waals surface area contributed by atoms with Gasteiger partial charge in [0.05, 0.1) is 4.92 Å². The van der Waals surface area contributed by atoms with Crippen LogP contribution in [0.25, 0.3) is 0 Å². The van der Waals surface area contributed by atoms with E-state index in [4.69, 9.17) is 10.8 Å². The van der Waals surface area contributed by atoms with Crippen molar-refractivity contribution in [3.8, 4) is 0 Å². The Hall–Kier alpha value is -2.22. The predicted octanol–water partition coefficient (Wildman–Crippen LogP) is 0.153. The second-order valence-electron chi connectivity index (χ2n) is 3.20. The Labute approximate surface area is 104 Å². The van der Waals surface area contributed by atoms with E-state index in [0.717, 1.165) is 13.3 Å². The van der Waals surface area contributed by atoms with Gasteiger partial charge in [-0.25, -0.2) is 4.98 Å².